The van der Waals surface area contributed by atoms with Gasteiger partial charge < -0.3 is 15.2 Å². The molecule has 0 aromatic heterocycles. The number of esters is 1. The Kier molecular flexibility index (Phi) is 5.84. The summed E-state index contributed by atoms with van der Waals surface area (Å²) in [6, 6.07) is 16.5. The van der Waals surface area contributed by atoms with Gasteiger partial charge in [0.15, 0.2) is 5.60 Å². The quantitative estimate of drug-likeness (QED) is 0.473. The molecule has 0 saturated heterocycles. The summed E-state index contributed by atoms with van der Waals surface area (Å²) in [5, 5.41) is 14.8. The number of rotatable bonds is 3. The molecule has 0 spiro atoms. The highest BCUT2D eigenvalue weighted by atomic mass is 16.5. The molecular formula is C34H39NO5. The molecule has 6 nitrogen and oxygen atoms in total. The molecule has 5 aliphatic rings. The normalized spacial score (nSPS) is 41.8. The smallest absolute Gasteiger partial charge is 0.338 e. The second-order valence-corrected chi connectivity index (χ2v) is 13.7. The molecule has 0 bridgehead atoms. The van der Waals surface area contributed by atoms with E-state index in [4.69, 9.17) is 4.74 Å². The SMILES string of the molecule is C[C@]12C[C@H]([C@@]3(O)C(=O)Nc4ccccc43)C(=O)C[C@H]1CC[C@@H]1[C@@H]2CC[C@]2(C)[C@@H](OC(=O)c3ccccc3)CC[C@@H]12. The van der Waals surface area contributed by atoms with Crippen LogP contribution in [0.15, 0.2) is 54.6 Å². The lowest BCUT2D eigenvalue weighted by molar-refractivity contribution is -0.172. The van der Waals surface area contributed by atoms with Gasteiger partial charge in [-0.15, -0.1) is 0 Å². The van der Waals surface area contributed by atoms with Crippen molar-refractivity contribution in [2.45, 2.75) is 76.9 Å². The van der Waals surface area contributed by atoms with Gasteiger partial charge in [0.2, 0.25) is 0 Å². The molecule has 2 aromatic rings. The number of carbonyl (C=O) groups is 3. The van der Waals surface area contributed by atoms with E-state index >= 15 is 0 Å². The number of ether oxygens (including phenoxy) is 1. The van der Waals surface area contributed by atoms with Crippen LogP contribution in [0, 0.1) is 40.4 Å². The Morgan fingerprint density at radius 3 is 2.42 bits per heavy atom. The fraction of sp³-hybridized carbons (Fsp3) is 0.559. The van der Waals surface area contributed by atoms with E-state index in [2.05, 4.69) is 19.2 Å². The summed E-state index contributed by atoms with van der Waals surface area (Å²) in [5.74, 6) is 0.224. The molecule has 4 fully saturated rings. The van der Waals surface area contributed by atoms with Gasteiger partial charge in [0.05, 0.1) is 11.5 Å². The van der Waals surface area contributed by atoms with Crippen molar-refractivity contribution in [1.29, 1.82) is 0 Å². The predicted molar refractivity (Wildman–Crippen MR) is 150 cm³/mol. The summed E-state index contributed by atoms with van der Waals surface area (Å²) in [7, 11) is 0. The number of anilines is 1. The van der Waals surface area contributed by atoms with Gasteiger partial charge in [-0.3, -0.25) is 9.59 Å². The lowest BCUT2D eigenvalue weighted by Gasteiger charge is -2.61. The summed E-state index contributed by atoms with van der Waals surface area (Å²) < 4.78 is 6.18. The van der Waals surface area contributed by atoms with Crippen molar-refractivity contribution in [3.05, 3.63) is 65.7 Å². The van der Waals surface area contributed by atoms with Crippen molar-refractivity contribution in [3.8, 4) is 0 Å². The molecule has 40 heavy (non-hydrogen) atoms. The number of hydrogen-bond donors (Lipinski definition) is 2. The standard InChI is InChI=1S/C34H39NO5/c1-32-17-16-24-22(23(32)14-15-29(32)40-30(37)20-8-4-3-5-9-20)13-12-21-18-28(36)26(19-33(21,24)2)34(39)25-10-6-7-11-27(25)35-31(34)38/h3-11,21-24,26,29,39H,12-19H2,1-2H3,(H,35,38)/t21-,22+,23+,24+,26+,29+,32+,33+,34-/m1/s1. The Morgan fingerprint density at radius 2 is 1.62 bits per heavy atom. The number of benzene rings is 2. The highest BCUT2D eigenvalue weighted by Gasteiger charge is 2.65. The Bertz CT molecular complexity index is 1370. The molecule has 1 amide bonds. The zero-order valence-corrected chi connectivity index (χ0v) is 23.4. The van der Waals surface area contributed by atoms with E-state index in [1.807, 2.05) is 42.5 Å². The van der Waals surface area contributed by atoms with Gasteiger partial charge >= 0.3 is 5.97 Å². The Morgan fingerprint density at radius 1 is 0.900 bits per heavy atom. The second kappa shape index (κ2) is 9.01. The Labute approximate surface area is 235 Å². The van der Waals surface area contributed by atoms with E-state index in [9.17, 15) is 19.5 Å². The van der Waals surface area contributed by atoms with Gasteiger partial charge in [0.1, 0.15) is 11.9 Å². The van der Waals surface area contributed by atoms with Crippen molar-refractivity contribution in [2.75, 3.05) is 5.32 Å². The van der Waals surface area contributed by atoms with Gasteiger partial charge in [-0.25, -0.2) is 4.79 Å². The number of aliphatic hydroxyl groups is 1. The van der Waals surface area contributed by atoms with Crippen molar-refractivity contribution < 1.29 is 24.2 Å². The van der Waals surface area contributed by atoms with Crippen LogP contribution in [-0.4, -0.2) is 28.9 Å². The van der Waals surface area contributed by atoms with Crippen LogP contribution in [-0.2, 0) is 19.9 Å². The third kappa shape index (κ3) is 3.54. The maximum Gasteiger partial charge on any atom is 0.338 e. The van der Waals surface area contributed by atoms with Crippen molar-refractivity contribution in [3.63, 3.8) is 0 Å². The van der Waals surface area contributed by atoms with E-state index in [-0.39, 0.29) is 34.6 Å². The summed E-state index contributed by atoms with van der Waals surface area (Å²) in [6.45, 7) is 4.66. The van der Waals surface area contributed by atoms with Crippen LogP contribution in [0.1, 0.15) is 81.1 Å². The lowest BCUT2D eigenvalue weighted by Crippen LogP contribution is -2.58. The summed E-state index contributed by atoms with van der Waals surface area (Å²) in [5.41, 5.74) is -0.266. The van der Waals surface area contributed by atoms with E-state index in [1.165, 1.54) is 0 Å². The lowest BCUT2D eigenvalue weighted by atomic mass is 9.43. The molecule has 0 radical (unpaired) electrons. The Balaban J connectivity index is 1.15. The van der Waals surface area contributed by atoms with E-state index in [0.717, 1.165) is 38.5 Å². The average molecular weight is 542 g/mol. The first-order valence-corrected chi connectivity index (χ1v) is 15.1. The largest absolute Gasteiger partial charge is 0.458 e. The maximum atomic E-state index is 13.6. The first-order valence-electron chi connectivity index (χ1n) is 15.1. The van der Waals surface area contributed by atoms with E-state index in [0.29, 0.717) is 47.4 Å². The highest BCUT2D eigenvalue weighted by Crippen LogP contribution is 2.67. The van der Waals surface area contributed by atoms with Gasteiger partial charge in [0.25, 0.3) is 5.91 Å². The minimum absolute atomic E-state index is 0.0182. The van der Waals surface area contributed by atoms with Crippen LogP contribution in [0.5, 0.6) is 0 Å². The molecule has 2 N–H and O–H groups in total. The minimum Gasteiger partial charge on any atom is -0.458 e. The van der Waals surface area contributed by atoms with Crippen molar-refractivity contribution in [1.82, 2.24) is 0 Å². The number of fused-ring (bicyclic) bond motifs is 6. The van der Waals surface area contributed by atoms with Crippen molar-refractivity contribution in [2.24, 2.45) is 40.4 Å². The van der Waals surface area contributed by atoms with Gasteiger partial charge in [-0.1, -0.05) is 50.2 Å². The number of Topliss-reactive ketones (excluding diaryl/α,β-unsaturated/α-hetero) is 1. The number of hydrogen-bond acceptors (Lipinski definition) is 5. The topological polar surface area (TPSA) is 92.7 Å². The first-order chi connectivity index (χ1) is 19.2. The molecule has 4 aliphatic carbocycles. The number of amides is 1. The summed E-state index contributed by atoms with van der Waals surface area (Å²) in [6.07, 6.45) is 6.92. The maximum absolute atomic E-state index is 13.6. The molecular weight excluding hydrogens is 502 g/mol. The molecule has 1 heterocycles. The molecule has 6 heteroatoms. The van der Waals surface area contributed by atoms with E-state index < -0.39 is 17.4 Å². The first kappa shape index (κ1) is 25.9. The average Bonchev–Trinajstić information content (AvgIpc) is 3.42. The van der Waals surface area contributed by atoms with Crippen LogP contribution in [0.3, 0.4) is 0 Å². The predicted octanol–water partition coefficient (Wildman–Crippen LogP) is 5.89. The third-order valence-electron chi connectivity index (χ3n) is 12.2. The van der Waals surface area contributed by atoms with Crippen LogP contribution in [0.4, 0.5) is 5.69 Å². The van der Waals surface area contributed by atoms with Crippen LogP contribution >= 0.6 is 0 Å². The van der Waals surface area contributed by atoms with Crippen LogP contribution < -0.4 is 5.32 Å². The monoisotopic (exact) mass is 541 g/mol. The number of para-hydroxylation sites is 1. The van der Waals surface area contributed by atoms with E-state index in [1.54, 1.807) is 12.1 Å². The van der Waals surface area contributed by atoms with Crippen LogP contribution in [0.2, 0.25) is 0 Å². The molecule has 9 atom stereocenters. The highest BCUT2D eigenvalue weighted by molar-refractivity contribution is 6.08. The number of ketones is 1. The molecule has 2 aromatic carbocycles. The molecule has 7 rings (SSSR count). The van der Waals surface area contributed by atoms with Crippen molar-refractivity contribution >= 4 is 23.3 Å². The summed E-state index contributed by atoms with van der Waals surface area (Å²) in [4.78, 5) is 39.8. The Hall–Kier alpha value is -2.99. The molecule has 1 aliphatic heterocycles. The fourth-order valence-electron chi connectivity index (χ4n) is 10.0. The fourth-order valence-corrected chi connectivity index (χ4v) is 10.0. The van der Waals surface area contributed by atoms with Crippen LogP contribution in [0.25, 0.3) is 0 Å². The molecule has 4 saturated carbocycles. The number of carbonyl (C=O) groups excluding carboxylic acids is 3. The van der Waals surface area contributed by atoms with Gasteiger partial charge in [-0.05, 0) is 92.2 Å². The minimum atomic E-state index is -1.82. The molecule has 210 valence electrons. The molecule has 0 unspecified atom stereocenters. The number of nitrogens with one attached hydrogen (secondary N) is 1. The van der Waals surface area contributed by atoms with Gasteiger partial charge in [-0.2, -0.15) is 0 Å². The second-order valence-electron chi connectivity index (χ2n) is 13.7. The third-order valence-corrected chi connectivity index (χ3v) is 12.2. The zero-order valence-electron chi connectivity index (χ0n) is 23.4. The van der Waals surface area contributed by atoms with Gasteiger partial charge in [0, 0.05) is 23.1 Å². The summed E-state index contributed by atoms with van der Waals surface area (Å²) >= 11 is 0. The zero-order chi connectivity index (χ0) is 27.9.